The highest BCUT2D eigenvalue weighted by Gasteiger charge is 2.13. The van der Waals surface area contributed by atoms with Crippen molar-refractivity contribution in [1.29, 1.82) is 0 Å². The van der Waals surface area contributed by atoms with Gasteiger partial charge in [-0.25, -0.2) is 4.79 Å². The quantitative estimate of drug-likeness (QED) is 0.824. The van der Waals surface area contributed by atoms with Crippen LogP contribution in [0, 0.1) is 0 Å². The van der Waals surface area contributed by atoms with Crippen molar-refractivity contribution in [2.45, 2.75) is 25.9 Å². The molecule has 23 heavy (non-hydrogen) atoms. The second-order valence-electron chi connectivity index (χ2n) is 5.04. The van der Waals surface area contributed by atoms with Gasteiger partial charge in [0.15, 0.2) is 0 Å². The maximum Gasteiger partial charge on any atom is 0.328 e. The molecule has 7 nitrogen and oxygen atoms in total. The monoisotopic (exact) mass is 317 g/mol. The van der Waals surface area contributed by atoms with Crippen LogP contribution < -0.4 is 21.3 Å². The van der Waals surface area contributed by atoms with Crippen LogP contribution in [0.15, 0.2) is 46.1 Å². The standard InChI is InChI=1S/C16H19N3O4/c1-3-13(11-4-6-12(23-2)7-5-11)17-15(21)10-19-9-8-14(20)18-16(19)22/h4-9,13H,3,10H2,1-2H3,(H,17,21)(H,18,20,22). The molecule has 0 saturated heterocycles. The highest BCUT2D eigenvalue weighted by molar-refractivity contribution is 5.76. The molecule has 0 aliphatic carbocycles. The first-order valence-electron chi connectivity index (χ1n) is 7.26. The maximum absolute atomic E-state index is 12.1. The number of nitrogens with one attached hydrogen (secondary N) is 2. The van der Waals surface area contributed by atoms with Gasteiger partial charge in [-0.1, -0.05) is 19.1 Å². The van der Waals surface area contributed by atoms with E-state index in [1.807, 2.05) is 31.2 Å². The molecule has 7 heteroatoms. The highest BCUT2D eigenvalue weighted by Crippen LogP contribution is 2.19. The molecule has 1 aromatic heterocycles. The van der Waals surface area contributed by atoms with E-state index in [-0.39, 0.29) is 18.5 Å². The third-order valence-corrected chi connectivity index (χ3v) is 3.47. The zero-order valence-electron chi connectivity index (χ0n) is 13.0. The van der Waals surface area contributed by atoms with Crippen LogP contribution in [0.5, 0.6) is 5.75 Å². The van der Waals surface area contributed by atoms with Gasteiger partial charge in [-0.3, -0.25) is 19.1 Å². The number of methoxy groups -OCH3 is 1. The van der Waals surface area contributed by atoms with Crippen molar-refractivity contribution in [2.24, 2.45) is 0 Å². The SMILES string of the molecule is CCC(NC(=O)Cn1ccc(=O)[nH]c1=O)c1ccc(OC)cc1. The van der Waals surface area contributed by atoms with Crippen LogP contribution in [0.1, 0.15) is 24.9 Å². The fourth-order valence-electron chi connectivity index (χ4n) is 2.22. The van der Waals surface area contributed by atoms with Crippen molar-refractivity contribution in [2.75, 3.05) is 7.11 Å². The molecule has 1 atom stereocenters. The smallest absolute Gasteiger partial charge is 0.328 e. The number of ether oxygens (including phenoxy) is 1. The highest BCUT2D eigenvalue weighted by atomic mass is 16.5. The lowest BCUT2D eigenvalue weighted by Crippen LogP contribution is -2.36. The summed E-state index contributed by atoms with van der Waals surface area (Å²) in [4.78, 5) is 36.8. The number of nitrogens with zero attached hydrogens (tertiary/aromatic N) is 1. The molecule has 0 saturated carbocycles. The molecule has 2 rings (SSSR count). The van der Waals surface area contributed by atoms with E-state index in [2.05, 4.69) is 10.3 Å². The van der Waals surface area contributed by atoms with Crippen molar-refractivity contribution in [3.63, 3.8) is 0 Å². The maximum atomic E-state index is 12.1. The minimum absolute atomic E-state index is 0.151. The van der Waals surface area contributed by atoms with Crippen molar-refractivity contribution in [3.8, 4) is 5.75 Å². The Bertz CT molecular complexity index is 777. The number of hydrogen-bond acceptors (Lipinski definition) is 4. The second-order valence-corrected chi connectivity index (χ2v) is 5.04. The Morgan fingerprint density at radius 2 is 1.96 bits per heavy atom. The van der Waals surface area contributed by atoms with E-state index >= 15 is 0 Å². The molecule has 122 valence electrons. The third-order valence-electron chi connectivity index (χ3n) is 3.47. The van der Waals surface area contributed by atoms with Crippen LogP contribution in [0.25, 0.3) is 0 Å². The van der Waals surface area contributed by atoms with Gasteiger partial charge in [-0.05, 0) is 24.1 Å². The minimum atomic E-state index is -0.606. The Labute approximate surface area is 132 Å². The van der Waals surface area contributed by atoms with Crippen molar-refractivity contribution >= 4 is 5.91 Å². The summed E-state index contributed by atoms with van der Waals surface area (Å²) in [7, 11) is 1.59. The lowest BCUT2D eigenvalue weighted by atomic mass is 10.0. The molecule has 0 bridgehead atoms. The van der Waals surface area contributed by atoms with Gasteiger partial charge in [0.1, 0.15) is 12.3 Å². The minimum Gasteiger partial charge on any atom is -0.497 e. The van der Waals surface area contributed by atoms with Gasteiger partial charge in [-0.2, -0.15) is 0 Å². The summed E-state index contributed by atoms with van der Waals surface area (Å²) in [6.07, 6.45) is 2.01. The molecule has 0 aliphatic rings. The average Bonchev–Trinajstić information content (AvgIpc) is 2.55. The van der Waals surface area contributed by atoms with Gasteiger partial charge in [0.25, 0.3) is 5.56 Å². The lowest BCUT2D eigenvalue weighted by Gasteiger charge is -2.18. The molecule has 0 fully saturated rings. The second kappa shape index (κ2) is 7.44. The van der Waals surface area contributed by atoms with Gasteiger partial charge >= 0.3 is 5.69 Å². The first-order valence-corrected chi connectivity index (χ1v) is 7.26. The van der Waals surface area contributed by atoms with Crippen molar-refractivity contribution < 1.29 is 9.53 Å². The Morgan fingerprint density at radius 1 is 1.26 bits per heavy atom. The van der Waals surface area contributed by atoms with Crippen LogP contribution in [0.4, 0.5) is 0 Å². The molecular formula is C16H19N3O4. The number of aromatic nitrogens is 2. The summed E-state index contributed by atoms with van der Waals surface area (Å²) in [6.45, 7) is 1.81. The molecule has 2 N–H and O–H groups in total. The lowest BCUT2D eigenvalue weighted by molar-refractivity contribution is -0.122. The molecule has 1 amide bonds. The summed E-state index contributed by atoms with van der Waals surface area (Å²) in [5.74, 6) is 0.441. The number of hydrogen-bond donors (Lipinski definition) is 2. The van der Waals surface area contributed by atoms with Gasteiger partial charge in [-0.15, -0.1) is 0 Å². The molecule has 1 heterocycles. The van der Waals surface area contributed by atoms with Crippen LogP contribution in [-0.4, -0.2) is 22.6 Å². The summed E-state index contributed by atoms with van der Waals surface area (Å²) >= 11 is 0. The third kappa shape index (κ3) is 4.32. The summed E-state index contributed by atoms with van der Waals surface area (Å²) < 4.78 is 6.26. The normalized spacial score (nSPS) is 11.7. The molecule has 0 spiro atoms. The zero-order valence-corrected chi connectivity index (χ0v) is 13.0. The van der Waals surface area contributed by atoms with Gasteiger partial charge in [0.2, 0.25) is 5.91 Å². The number of carbonyl (C=O) groups excluding carboxylic acids is 1. The Hall–Kier alpha value is -2.83. The largest absolute Gasteiger partial charge is 0.497 e. The number of rotatable bonds is 6. The van der Waals surface area contributed by atoms with E-state index in [1.165, 1.54) is 12.3 Å². The number of amides is 1. The van der Waals surface area contributed by atoms with E-state index in [4.69, 9.17) is 4.74 Å². The van der Waals surface area contributed by atoms with E-state index in [0.717, 1.165) is 15.9 Å². The molecule has 1 aromatic carbocycles. The predicted molar refractivity (Wildman–Crippen MR) is 85.5 cm³/mol. The Kier molecular flexibility index (Phi) is 5.35. The number of H-pyrrole nitrogens is 1. The van der Waals surface area contributed by atoms with Gasteiger partial charge < -0.3 is 10.1 Å². The molecule has 0 radical (unpaired) electrons. The van der Waals surface area contributed by atoms with E-state index in [0.29, 0.717) is 6.42 Å². The zero-order chi connectivity index (χ0) is 16.8. The Morgan fingerprint density at radius 3 is 2.52 bits per heavy atom. The average molecular weight is 317 g/mol. The van der Waals surface area contributed by atoms with Crippen LogP contribution in [0.2, 0.25) is 0 Å². The fourth-order valence-corrected chi connectivity index (χ4v) is 2.22. The first kappa shape index (κ1) is 16.5. The summed E-state index contributed by atoms with van der Waals surface area (Å²) in [5, 5.41) is 2.88. The van der Waals surface area contributed by atoms with Crippen LogP contribution >= 0.6 is 0 Å². The molecule has 0 aliphatic heterocycles. The summed E-state index contributed by atoms with van der Waals surface area (Å²) in [6, 6.07) is 8.48. The molecular weight excluding hydrogens is 298 g/mol. The fraction of sp³-hybridized carbons (Fsp3) is 0.312. The van der Waals surface area contributed by atoms with Gasteiger partial charge in [0, 0.05) is 12.3 Å². The van der Waals surface area contributed by atoms with Crippen LogP contribution in [0.3, 0.4) is 0 Å². The van der Waals surface area contributed by atoms with Crippen LogP contribution in [-0.2, 0) is 11.3 Å². The van der Waals surface area contributed by atoms with E-state index in [9.17, 15) is 14.4 Å². The van der Waals surface area contributed by atoms with E-state index < -0.39 is 11.2 Å². The topological polar surface area (TPSA) is 93.2 Å². The molecule has 1 unspecified atom stereocenters. The summed E-state index contributed by atoms with van der Waals surface area (Å²) in [5.41, 5.74) is -0.142. The number of aromatic amines is 1. The van der Waals surface area contributed by atoms with Crippen molar-refractivity contribution in [1.82, 2.24) is 14.9 Å². The first-order chi connectivity index (χ1) is 11.0. The van der Waals surface area contributed by atoms with Crippen molar-refractivity contribution in [3.05, 3.63) is 62.9 Å². The van der Waals surface area contributed by atoms with Gasteiger partial charge in [0.05, 0.1) is 13.2 Å². The number of carbonyl (C=O) groups is 1. The number of benzene rings is 1. The van der Waals surface area contributed by atoms with E-state index in [1.54, 1.807) is 7.11 Å². The predicted octanol–water partition coefficient (Wildman–Crippen LogP) is 0.813. The molecule has 2 aromatic rings. The Balaban J connectivity index is 2.06.